The number of benzene rings is 1. The van der Waals surface area contributed by atoms with E-state index in [1.807, 2.05) is 18.2 Å². The highest BCUT2D eigenvalue weighted by Crippen LogP contribution is 2.33. The smallest absolute Gasteiger partial charge is 0.329 e. The monoisotopic (exact) mass is 427 g/mol. The van der Waals surface area contributed by atoms with Crippen LogP contribution in [0.2, 0.25) is 0 Å². The van der Waals surface area contributed by atoms with E-state index < -0.39 is 12.0 Å². The molecule has 1 saturated heterocycles. The maximum absolute atomic E-state index is 13.0. The number of imide groups is 1. The number of hydrogen-bond acceptors (Lipinski definition) is 4. The van der Waals surface area contributed by atoms with Crippen LogP contribution in [0.1, 0.15) is 56.6 Å². The Labute approximate surface area is 180 Å². The minimum absolute atomic E-state index is 0.213. The van der Waals surface area contributed by atoms with Crippen molar-refractivity contribution in [1.82, 2.24) is 14.0 Å². The fraction of sp³-hybridized carbons (Fsp3) is 0.565. The number of fused-ring (bicyclic) bond motifs is 1. The number of likely N-dealkylation sites (N-methyl/N-ethyl adjacent to an activating group) is 1. The summed E-state index contributed by atoms with van der Waals surface area (Å²) < 4.78 is 3.10. The molecule has 4 rings (SSSR count). The zero-order valence-electron chi connectivity index (χ0n) is 18.0. The number of piperidine rings is 1. The zero-order chi connectivity index (χ0) is 22.3. The largest absolute Gasteiger partial charge is 0.481 e. The summed E-state index contributed by atoms with van der Waals surface area (Å²) in [6.45, 7) is 0. The number of imidazole rings is 1. The van der Waals surface area contributed by atoms with E-state index in [9.17, 15) is 19.2 Å². The fourth-order valence-electron chi connectivity index (χ4n) is 5.19. The van der Waals surface area contributed by atoms with Crippen molar-refractivity contribution >= 4 is 28.8 Å². The predicted molar refractivity (Wildman–Crippen MR) is 115 cm³/mol. The number of aromatic nitrogens is 2. The third kappa shape index (κ3) is 4.03. The lowest BCUT2D eigenvalue weighted by Gasteiger charge is -2.28. The Morgan fingerprint density at radius 3 is 2.35 bits per heavy atom. The van der Waals surface area contributed by atoms with Crippen molar-refractivity contribution in [2.75, 3.05) is 7.05 Å². The van der Waals surface area contributed by atoms with E-state index >= 15 is 0 Å². The van der Waals surface area contributed by atoms with Crippen molar-refractivity contribution in [1.29, 1.82) is 0 Å². The number of amides is 2. The van der Waals surface area contributed by atoms with Gasteiger partial charge in [0.05, 0.1) is 11.0 Å². The van der Waals surface area contributed by atoms with Crippen LogP contribution in [-0.2, 0) is 27.9 Å². The van der Waals surface area contributed by atoms with Gasteiger partial charge in [0, 0.05) is 26.9 Å². The second-order valence-electron chi connectivity index (χ2n) is 9.07. The van der Waals surface area contributed by atoms with Gasteiger partial charge < -0.3 is 5.11 Å². The van der Waals surface area contributed by atoms with Gasteiger partial charge >= 0.3 is 11.7 Å². The molecular formula is C23H29N3O5. The summed E-state index contributed by atoms with van der Waals surface area (Å²) in [5, 5.41) is 8.99. The average molecular weight is 428 g/mol. The molecule has 1 saturated carbocycles. The summed E-state index contributed by atoms with van der Waals surface area (Å²) in [5.41, 5.74) is 2.39. The van der Waals surface area contributed by atoms with Crippen LogP contribution in [0.4, 0.5) is 0 Å². The number of nitrogens with zero attached hydrogens (tertiary/aromatic N) is 3. The predicted octanol–water partition coefficient (Wildman–Crippen LogP) is 2.48. The van der Waals surface area contributed by atoms with Gasteiger partial charge in [0.1, 0.15) is 6.04 Å². The minimum Gasteiger partial charge on any atom is -0.481 e. The molecule has 1 N–H and O–H groups in total. The Hall–Kier alpha value is -2.90. The molecule has 8 nitrogen and oxygen atoms in total. The number of carboxylic acids is 1. The van der Waals surface area contributed by atoms with Crippen molar-refractivity contribution in [3.8, 4) is 0 Å². The van der Waals surface area contributed by atoms with Crippen LogP contribution >= 0.6 is 0 Å². The number of aliphatic carboxylic acids is 1. The number of carboxylic acid groups (broad SMARTS) is 1. The fourth-order valence-corrected chi connectivity index (χ4v) is 5.19. The molecule has 0 bridgehead atoms. The van der Waals surface area contributed by atoms with Gasteiger partial charge in [0.25, 0.3) is 5.91 Å². The van der Waals surface area contributed by atoms with Gasteiger partial charge in [-0.25, -0.2) is 4.79 Å². The SMILES string of the molecule is CN1C(=O)CCC(n2c(=O)n(C)c3cc(C[C@H]4CC[C@@H](CC(=O)O)CC4)ccc32)C1=O. The van der Waals surface area contributed by atoms with E-state index in [1.54, 1.807) is 11.6 Å². The highest BCUT2D eigenvalue weighted by atomic mass is 16.4. The molecular weight excluding hydrogens is 398 g/mol. The van der Waals surface area contributed by atoms with E-state index in [-0.39, 0.29) is 36.3 Å². The molecule has 2 amide bonds. The van der Waals surface area contributed by atoms with Crippen LogP contribution in [0.5, 0.6) is 0 Å². The van der Waals surface area contributed by atoms with Crippen molar-refractivity contribution in [3.05, 3.63) is 34.2 Å². The van der Waals surface area contributed by atoms with Gasteiger partial charge in [-0.1, -0.05) is 6.07 Å². The normalized spacial score (nSPS) is 24.7. The van der Waals surface area contributed by atoms with E-state index in [2.05, 4.69) is 0 Å². The first-order valence-corrected chi connectivity index (χ1v) is 11.0. The molecule has 0 radical (unpaired) electrons. The summed E-state index contributed by atoms with van der Waals surface area (Å²) in [6.07, 6.45) is 5.68. The maximum atomic E-state index is 13.0. The molecule has 1 unspecified atom stereocenters. The molecule has 2 aromatic rings. The number of carbonyl (C=O) groups excluding carboxylic acids is 2. The average Bonchev–Trinajstić information content (AvgIpc) is 2.98. The topological polar surface area (TPSA) is 102 Å². The van der Waals surface area contributed by atoms with E-state index in [0.717, 1.165) is 48.1 Å². The molecule has 2 aliphatic rings. The maximum Gasteiger partial charge on any atom is 0.329 e. The molecule has 1 aliphatic carbocycles. The van der Waals surface area contributed by atoms with Crippen molar-refractivity contribution in [2.24, 2.45) is 18.9 Å². The van der Waals surface area contributed by atoms with Crippen molar-refractivity contribution in [2.45, 2.75) is 57.4 Å². The number of likely N-dealkylation sites (tertiary alicyclic amines) is 1. The third-order valence-corrected chi connectivity index (χ3v) is 7.04. The first kappa shape index (κ1) is 21.3. The lowest BCUT2D eigenvalue weighted by Crippen LogP contribution is -2.45. The summed E-state index contributed by atoms with van der Waals surface area (Å²) in [6, 6.07) is 5.29. The number of aryl methyl sites for hydroxylation is 1. The van der Waals surface area contributed by atoms with E-state index in [1.165, 1.54) is 11.6 Å². The third-order valence-electron chi connectivity index (χ3n) is 7.04. The van der Waals surface area contributed by atoms with Gasteiger partial charge in [-0.2, -0.15) is 0 Å². The minimum atomic E-state index is -0.716. The Kier molecular flexibility index (Phi) is 5.73. The van der Waals surface area contributed by atoms with Gasteiger partial charge in [-0.05, 0) is 68.1 Å². The Bertz CT molecular complexity index is 1090. The standard InChI is InChI=1S/C23H29N3O5/c1-24-19-12-16(11-14-3-5-15(6-4-14)13-21(28)29)7-8-17(19)26(23(24)31)18-9-10-20(27)25(2)22(18)30/h7-8,12,14-15,18H,3-6,9-11,13H2,1-2H3,(H,28,29)/t14-,15+,18?. The summed E-state index contributed by atoms with van der Waals surface area (Å²) in [7, 11) is 3.18. The van der Waals surface area contributed by atoms with Crippen LogP contribution in [0.15, 0.2) is 23.0 Å². The summed E-state index contributed by atoms with van der Waals surface area (Å²) >= 11 is 0. The van der Waals surface area contributed by atoms with Crippen LogP contribution in [0.3, 0.4) is 0 Å². The summed E-state index contributed by atoms with van der Waals surface area (Å²) in [5.74, 6) is -0.473. The Morgan fingerprint density at radius 1 is 1.00 bits per heavy atom. The Morgan fingerprint density at radius 2 is 1.68 bits per heavy atom. The first-order chi connectivity index (χ1) is 14.8. The van der Waals surface area contributed by atoms with Crippen LogP contribution < -0.4 is 5.69 Å². The van der Waals surface area contributed by atoms with Gasteiger partial charge in [0.15, 0.2) is 0 Å². The highest BCUT2D eigenvalue weighted by molar-refractivity contribution is 5.99. The van der Waals surface area contributed by atoms with Crippen LogP contribution in [0, 0.1) is 11.8 Å². The number of carbonyl (C=O) groups is 3. The number of rotatable bonds is 5. The van der Waals surface area contributed by atoms with Crippen LogP contribution in [0.25, 0.3) is 11.0 Å². The highest BCUT2D eigenvalue weighted by Gasteiger charge is 2.35. The van der Waals surface area contributed by atoms with E-state index in [0.29, 0.717) is 17.9 Å². The van der Waals surface area contributed by atoms with Gasteiger partial charge in [-0.15, -0.1) is 0 Å². The second-order valence-corrected chi connectivity index (χ2v) is 9.07. The molecule has 1 aromatic carbocycles. The van der Waals surface area contributed by atoms with Gasteiger partial charge in [0.2, 0.25) is 5.91 Å². The molecule has 1 atom stereocenters. The molecule has 8 heteroatoms. The molecule has 2 fully saturated rings. The Balaban J connectivity index is 1.55. The molecule has 31 heavy (non-hydrogen) atoms. The lowest BCUT2D eigenvalue weighted by molar-refractivity contribution is -0.149. The van der Waals surface area contributed by atoms with E-state index in [4.69, 9.17) is 5.11 Å². The van der Waals surface area contributed by atoms with Crippen LogP contribution in [-0.4, -0.2) is 44.0 Å². The molecule has 2 heterocycles. The van der Waals surface area contributed by atoms with Gasteiger partial charge in [-0.3, -0.25) is 28.4 Å². The second kappa shape index (κ2) is 8.32. The molecule has 0 spiro atoms. The first-order valence-electron chi connectivity index (χ1n) is 11.0. The molecule has 166 valence electrons. The number of hydrogen-bond donors (Lipinski definition) is 1. The molecule has 1 aromatic heterocycles. The zero-order valence-corrected chi connectivity index (χ0v) is 18.0. The molecule has 1 aliphatic heterocycles. The van der Waals surface area contributed by atoms with Crippen molar-refractivity contribution < 1.29 is 19.5 Å². The lowest BCUT2D eigenvalue weighted by atomic mass is 9.78. The quantitative estimate of drug-likeness (QED) is 0.739. The summed E-state index contributed by atoms with van der Waals surface area (Å²) in [4.78, 5) is 49.5. The van der Waals surface area contributed by atoms with Crippen molar-refractivity contribution in [3.63, 3.8) is 0 Å².